The zero-order valence-corrected chi connectivity index (χ0v) is 12.6. The number of carbonyl (C=O) groups excluding carboxylic acids is 1. The molecule has 0 atom stereocenters. The van der Waals surface area contributed by atoms with Crippen molar-refractivity contribution in [2.75, 3.05) is 11.1 Å². The van der Waals surface area contributed by atoms with Gasteiger partial charge in [0.1, 0.15) is 0 Å². The number of nitrogens with zero attached hydrogens (tertiary/aromatic N) is 2. The lowest BCUT2D eigenvalue weighted by molar-refractivity contribution is 0.102. The average Bonchev–Trinajstić information content (AvgIpc) is 2.67. The molecule has 0 saturated heterocycles. The maximum atomic E-state index is 12.2. The number of carbonyl (C=O) groups is 1. The van der Waals surface area contributed by atoms with Crippen molar-refractivity contribution < 1.29 is 4.79 Å². The molecule has 3 N–H and O–H groups in total. The van der Waals surface area contributed by atoms with Crippen molar-refractivity contribution >= 4 is 33.2 Å². The Hall–Kier alpha value is -1.82. The number of aromatic nitrogens is 2. The van der Waals surface area contributed by atoms with Gasteiger partial charge in [-0.05, 0) is 47.5 Å². The largest absolute Gasteiger partial charge is 0.398 e. The highest BCUT2D eigenvalue weighted by atomic mass is 79.9. The predicted molar refractivity (Wildman–Crippen MR) is 79.2 cm³/mol. The van der Waals surface area contributed by atoms with Crippen molar-refractivity contribution in [3.63, 3.8) is 0 Å². The Bertz CT molecular complexity index is 648. The van der Waals surface area contributed by atoms with Gasteiger partial charge in [0.25, 0.3) is 5.91 Å². The van der Waals surface area contributed by atoms with Crippen LogP contribution in [0.25, 0.3) is 0 Å². The van der Waals surface area contributed by atoms with Crippen LogP contribution in [0.5, 0.6) is 0 Å². The summed E-state index contributed by atoms with van der Waals surface area (Å²) in [4.78, 5) is 12.2. The summed E-state index contributed by atoms with van der Waals surface area (Å²) in [6.07, 6.45) is 1.55. The van der Waals surface area contributed by atoms with Gasteiger partial charge in [-0.1, -0.05) is 0 Å². The predicted octanol–water partition coefficient (Wildman–Crippen LogP) is 2.63. The smallest absolute Gasteiger partial charge is 0.259 e. The number of hydrogen-bond donors (Lipinski definition) is 2. The minimum Gasteiger partial charge on any atom is -0.398 e. The number of halogens is 1. The Morgan fingerprint density at radius 1 is 1.42 bits per heavy atom. The average molecular weight is 323 g/mol. The molecule has 6 heteroatoms. The van der Waals surface area contributed by atoms with Crippen LogP contribution in [0, 0.1) is 13.8 Å². The molecule has 1 aromatic heterocycles. The second kappa shape index (κ2) is 5.05. The maximum absolute atomic E-state index is 12.2. The Morgan fingerprint density at radius 2 is 2.11 bits per heavy atom. The first-order valence-corrected chi connectivity index (χ1v) is 6.55. The van der Waals surface area contributed by atoms with E-state index in [4.69, 9.17) is 5.73 Å². The third-order valence-corrected chi connectivity index (χ3v) is 3.74. The number of anilines is 2. The Balaban J connectivity index is 2.29. The third kappa shape index (κ3) is 2.63. The van der Waals surface area contributed by atoms with E-state index in [1.165, 1.54) is 0 Å². The summed E-state index contributed by atoms with van der Waals surface area (Å²) in [5.74, 6) is -0.199. The number of nitrogens with two attached hydrogens (primary N) is 1. The van der Waals surface area contributed by atoms with Crippen molar-refractivity contribution in [3.8, 4) is 0 Å². The van der Waals surface area contributed by atoms with Crippen LogP contribution in [0.15, 0.2) is 22.8 Å². The highest BCUT2D eigenvalue weighted by molar-refractivity contribution is 9.10. The summed E-state index contributed by atoms with van der Waals surface area (Å²) < 4.78 is 2.46. The van der Waals surface area contributed by atoms with Gasteiger partial charge in [0.05, 0.1) is 17.4 Å². The van der Waals surface area contributed by atoms with Gasteiger partial charge < -0.3 is 11.1 Å². The SMILES string of the molecule is Cc1cc(Br)c(NC(=O)c2cnn(C)c2C)cc1N. The van der Waals surface area contributed by atoms with E-state index in [2.05, 4.69) is 26.3 Å². The number of nitrogen functional groups attached to an aromatic ring is 1. The van der Waals surface area contributed by atoms with E-state index >= 15 is 0 Å². The molecular weight excluding hydrogens is 308 g/mol. The molecule has 5 nitrogen and oxygen atoms in total. The lowest BCUT2D eigenvalue weighted by Crippen LogP contribution is -2.13. The van der Waals surface area contributed by atoms with Crippen LogP contribution in [0.2, 0.25) is 0 Å². The Morgan fingerprint density at radius 3 is 2.68 bits per heavy atom. The van der Waals surface area contributed by atoms with E-state index in [0.717, 1.165) is 15.7 Å². The molecule has 1 aromatic carbocycles. The van der Waals surface area contributed by atoms with Gasteiger partial charge in [-0.25, -0.2) is 0 Å². The van der Waals surface area contributed by atoms with Crippen molar-refractivity contribution in [3.05, 3.63) is 39.6 Å². The van der Waals surface area contributed by atoms with Crippen molar-refractivity contribution in [2.45, 2.75) is 13.8 Å². The van der Waals surface area contributed by atoms with E-state index < -0.39 is 0 Å². The van der Waals surface area contributed by atoms with Crippen LogP contribution in [0.4, 0.5) is 11.4 Å². The maximum Gasteiger partial charge on any atom is 0.259 e. The summed E-state index contributed by atoms with van der Waals surface area (Å²) in [6, 6.07) is 3.62. The topological polar surface area (TPSA) is 72.9 Å². The molecule has 1 amide bonds. The summed E-state index contributed by atoms with van der Waals surface area (Å²) in [7, 11) is 1.80. The fraction of sp³-hybridized carbons (Fsp3) is 0.231. The second-order valence-corrected chi connectivity index (χ2v) is 5.26. The first-order valence-electron chi connectivity index (χ1n) is 5.75. The van der Waals surface area contributed by atoms with Crippen LogP contribution < -0.4 is 11.1 Å². The quantitative estimate of drug-likeness (QED) is 0.835. The van der Waals surface area contributed by atoms with Gasteiger partial charge in [-0.15, -0.1) is 0 Å². The fourth-order valence-electron chi connectivity index (χ4n) is 1.70. The second-order valence-electron chi connectivity index (χ2n) is 4.41. The van der Waals surface area contributed by atoms with Gasteiger partial charge in [0.15, 0.2) is 0 Å². The van der Waals surface area contributed by atoms with Gasteiger partial charge in [0, 0.05) is 22.9 Å². The van der Waals surface area contributed by atoms with E-state index in [1.54, 1.807) is 24.0 Å². The molecule has 0 aliphatic rings. The highest BCUT2D eigenvalue weighted by Gasteiger charge is 2.14. The Kier molecular flexibility index (Phi) is 3.61. The molecule has 0 radical (unpaired) electrons. The van der Waals surface area contributed by atoms with Gasteiger partial charge in [0.2, 0.25) is 0 Å². The van der Waals surface area contributed by atoms with Crippen LogP contribution in [-0.2, 0) is 7.05 Å². The summed E-state index contributed by atoms with van der Waals surface area (Å²) in [5, 5.41) is 6.88. The van der Waals surface area contributed by atoms with E-state index in [1.807, 2.05) is 19.9 Å². The summed E-state index contributed by atoms with van der Waals surface area (Å²) in [6.45, 7) is 3.76. The van der Waals surface area contributed by atoms with Gasteiger partial charge in [-0.2, -0.15) is 5.10 Å². The summed E-state index contributed by atoms with van der Waals surface area (Å²) in [5.41, 5.74) is 9.46. The minimum atomic E-state index is -0.199. The molecule has 0 unspecified atom stereocenters. The van der Waals surface area contributed by atoms with Crippen LogP contribution in [0.3, 0.4) is 0 Å². The third-order valence-electron chi connectivity index (χ3n) is 3.08. The lowest BCUT2D eigenvalue weighted by atomic mass is 10.1. The van der Waals surface area contributed by atoms with Crippen molar-refractivity contribution in [1.82, 2.24) is 9.78 Å². The minimum absolute atomic E-state index is 0.199. The first-order chi connectivity index (χ1) is 8.90. The molecule has 0 spiro atoms. The monoisotopic (exact) mass is 322 g/mol. The van der Waals surface area contributed by atoms with Crippen molar-refractivity contribution in [1.29, 1.82) is 0 Å². The molecule has 0 aliphatic carbocycles. The molecule has 0 saturated carbocycles. The molecule has 100 valence electrons. The number of hydrogen-bond acceptors (Lipinski definition) is 3. The molecule has 2 rings (SSSR count). The van der Waals surface area contributed by atoms with Gasteiger partial charge in [-0.3, -0.25) is 9.48 Å². The normalized spacial score (nSPS) is 10.5. The molecule has 0 aliphatic heterocycles. The van der Waals surface area contributed by atoms with Crippen molar-refractivity contribution in [2.24, 2.45) is 7.05 Å². The number of nitrogens with one attached hydrogen (secondary N) is 1. The zero-order valence-electron chi connectivity index (χ0n) is 11.0. The molecule has 0 bridgehead atoms. The summed E-state index contributed by atoms with van der Waals surface area (Å²) >= 11 is 3.41. The zero-order chi connectivity index (χ0) is 14.2. The molecule has 0 fully saturated rings. The van der Waals surface area contributed by atoms with Crippen LogP contribution in [0.1, 0.15) is 21.6 Å². The standard InChI is InChI=1S/C13H15BrN4O/c1-7-4-10(14)12(5-11(7)15)17-13(19)9-6-16-18(3)8(9)2/h4-6H,15H2,1-3H3,(H,17,19). The first kappa shape index (κ1) is 13.6. The van der Waals surface area contributed by atoms with Crippen LogP contribution in [-0.4, -0.2) is 15.7 Å². The van der Waals surface area contributed by atoms with E-state index in [0.29, 0.717) is 16.9 Å². The molecule has 1 heterocycles. The number of amides is 1. The number of aryl methyl sites for hydroxylation is 2. The molecular formula is C13H15BrN4O. The molecule has 2 aromatic rings. The van der Waals surface area contributed by atoms with E-state index in [9.17, 15) is 4.79 Å². The fourth-order valence-corrected chi connectivity index (χ4v) is 2.25. The number of rotatable bonds is 2. The van der Waals surface area contributed by atoms with E-state index in [-0.39, 0.29) is 5.91 Å². The number of benzene rings is 1. The highest BCUT2D eigenvalue weighted by Crippen LogP contribution is 2.28. The lowest BCUT2D eigenvalue weighted by Gasteiger charge is -2.10. The van der Waals surface area contributed by atoms with Gasteiger partial charge >= 0.3 is 0 Å². The van der Waals surface area contributed by atoms with Crippen LogP contribution >= 0.6 is 15.9 Å². The molecule has 19 heavy (non-hydrogen) atoms. The Labute approximate surface area is 119 Å².